The number of quaternary nitrogens is 1. The minimum absolute atomic E-state index is 0.295. The van der Waals surface area contributed by atoms with E-state index in [1.54, 1.807) is 0 Å². The first-order valence-corrected chi connectivity index (χ1v) is 10.4. The third-order valence-electron chi connectivity index (χ3n) is 7.18. The Balaban J connectivity index is 1.71. The summed E-state index contributed by atoms with van der Waals surface area (Å²) in [7, 11) is 2.40. The Kier molecular flexibility index (Phi) is 4.57. The molecular formula is C22H34NO2+. The van der Waals surface area contributed by atoms with Crippen molar-refractivity contribution < 1.29 is 14.7 Å². The van der Waals surface area contributed by atoms with Crippen molar-refractivity contribution in [1.29, 1.82) is 0 Å². The van der Waals surface area contributed by atoms with Gasteiger partial charge in [0.05, 0.1) is 20.1 Å². The molecule has 138 valence electrons. The molecular weight excluding hydrogens is 310 g/mol. The monoisotopic (exact) mass is 344 g/mol. The van der Waals surface area contributed by atoms with Crippen molar-refractivity contribution in [3.05, 3.63) is 29.3 Å². The molecule has 3 atom stereocenters. The van der Waals surface area contributed by atoms with Gasteiger partial charge in [0, 0.05) is 12.3 Å². The van der Waals surface area contributed by atoms with Crippen molar-refractivity contribution in [2.45, 2.75) is 75.9 Å². The fourth-order valence-corrected chi connectivity index (χ4v) is 5.64. The summed E-state index contributed by atoms with van der Waals surface area (Å²) >= 11 is 0. The number of likely N-dealkylation sites (N-methyl/N-ethyl adjacent to an activating group) is 1. The van der Waals surface area contributed by atoms with E-state index in [9.17, 15) is 10.2 Å². The lowest BCUT2D eigenvalue weighted by atomic mass is 9.74. The second kappa shape index (κ2) is 6.59. The van der Waals surface area contributed by atoms with Gasteiger partial charge in [-0.05, 0) is 68.2 Å². The van der Waals surface area contributed by atoms with E-state index >= 15 is 0 Å². The van der Waals surface area contributed by atoms with Crippen molar-refractivity contribution in [2.24, 2.45) is 5.92 Å². The fraction of sp³-hybridized carbons (Fsp3) is 0.727. The number of likely N-dealkylation sites (tertiary alicyclic amines) is 1. The number of fused-ring (bicyclic) bond motifs is 2. The Bertz CT molecular complexity index is 626. The molecule has 2 N–H and O–H groups in total. The molecule has 3 nitrogen and oxygen atoms in total. The summed E-state index contributed by atoms with van der Waals surface area (Å²) in [4.78, 5) is 0. The van der Waals surface area contributed by atoms with E-state index in [-0.39, 0.29) is 0 Å². The highest BCUT2D eigenvalue weighted by Gasteiger charge is 2.52. The summed E-state index contributed by atoms with van der Waals surface area (Å²) in [5.74, 6) is 1.26. The van der Waals surface area contributed by atoms with E-state index in [0.717, 1.165) is 55.3 Å². The van der Waals surface area contributed by atoms with Crippen LogP contribution in [0.5, 0.6) is 5.75 Å². The fourth-order valence-electron chi connectivity index (χ4n) is 5.64. The number of piperidine rings is 1. The summed E-state index contributed by atoms with van der Waals surface area (Å²) in [5, 5.41) is 21.6. The molecule has 4 rings (SSSR count). The lowest BCUT2D eigenvalue weighted by Crippen LogP contribution is -2.67. The third kappa shape index (κ3) is 3.59. The van der Waals surface area contributed by atoms with Gasteiger partial charge in [-0.25, -0.2) is 0 Å². The normalized spacial score (nSPS) is 36.3. The van der Waals surface area contributed by atoms with Crippen molar-refractivity contribution in [2.75, 3.05) is 20.1 Å². The van der Waals surface area contributed by atoms with Crippen LogP contribution in [-0.2, 0) is 12.8 Å². The largest absolute Gasteiger partial charge is 0.508 e. The number of phenols is 1. The van der Waals surface area contributed by atoms with Crippen LogP contribution < -0.4 is 0 Å². The Morgan fingerprint density at radius 1 is 1.08 bits per heavy atom. The Morgan fingerprint density at radius 3 is 2.68 bits per heavy atom. The van der Waals surface area contributed by atoms with Crippen molar-refractivity contribution in [3.8, 4) is 5.75 Å². The van der Waals surface area contributed by atoms with Crippen LogP contribution in [0, 0.1) is 5.92 Å². The molecule has 0 aromatic heterocycles. The van der Waals surface area contributed by atoms with Gasteiger partial charge in [-0.1, -0.05) is 18.9 Å². The first-order chi connectivity index (χ1) is 12.0. The van der Waals surface area contributed by atoms with Gasteiger partial charge >= 0.3 is 0 Å². The summed E-state index contributed by atoms with van der Waals surface area (Å²) in [6.07, 6.45) is 11.3. The number of phenolic OH excluding ortho intramolecular Hbond substituents is 1. The minimum atomic E-state index is -0.519. The van der Waals surface area contributed by atoms with Crippen molar-refractivity contribution in [1.82, 2.24) is 0 Å². The lowest BCUT2D eigenvalue weighted by Gasteiger charge is -2.53. The van der Waals surface area contributed by atoms with Gasteiger partial charge in [0.15, 0.2) is 0 Å². The Morgan fingerprint density at radius 2 is 1.88 bits per heavy atom. The third-order valence-corrected chi connectivity index (χ3v) is 7.18. The lowest BCUT2D eigenvalue weighted by molar-refractivity contribution is -0.947. The molecule has 3 unspecified atom stereocenters. The van der Waals surface area contributed by atoms with Crippen LogP contribution in [0.2, 0.25) is 0 Å². The number of benzene rings is 1. The highest BCUT2D eigenvalue weighted by Crippen LogP contribution is 2.42. The second-order valence-corrected chi connectivity index (χ2v) is 9.27. The molecule has 1 aliphatic heterocycles. The van der Waals surface area contributed by atoms with E-state index in [4.69, 9.17) is 0 Å². The Hall–Kier alpha value is -1.06. The maximum atomic E-state index is 11.7. The minimum Gasteiger partial charge on any atom is -0.508 e. The zero-order valence-corrected chi connectivity index (χ0v) is 15.7. The van der Waals surface area contributed by atoms with E-state index in [1.807, 2.05) is 12.1 Å². The maximum Gasteiger partial charge on any atom is 0.122 e. The van der Waals surface area contributed by atoms with E-state index in [2.05, 4.69) is 13.1 Å². The molecule has 0 bridgehead atoms. The Labute approximate surface area is 152 Å². The van der Waals surface area contributed by atoms with Gasteiger partial charge in [0.25, 0.3) is 0 Å². The molecule has 3 aliphatic rings. The van der Waals surface area contributed by atoms with Crippen LogP contribution in [0.3, 0.4) is 0 Å². The quantitative estimate of drug-likeness (QED) is 0.801. The number of aliphatic hydroxyl groups is 1. The average Bonchev–Trinajstić information content (AvgIpc) is 3.36. The molecule has 1 aromatic rings. The highest BCUT2D eigenvalue weighted by molar-refractivity contribution is 5.36. The zero-order chi connectivity index (χ0) is 17.5. The molecule has 0 spiro atoms. The number of hydrogen-bond donors (Lipinski definition) is 2. The molecule has 1 saturated carbocycles. The molecule has 0 amide bonds. The van der Waals surface area contributed by atoms with Crippen LogP contribution in [-0.4, -0.2) is 46.5 Å². The summed E-state index contributed by atoms with van der Waals surface area (Å²) < 4.78 is 1.04. The highest BCUT2D eigenvalue weighted by atomic mass is 16.3. The van der Waals surface area contributed by atoms with E-state index in [0.29, 0.717) is 11.8 Å². The van der Waals surface area contributed by atoms with Gasteiger partial charge in [-0.3, -0.25) is 0 Å². The molecule has 25 heavy (non-hydrogen) atoms. The average molecular weight is 345 g/mol. The summed E-state index contributed by atoms with van der Waals surface area (Å²) in [6, 6.07) is 6.20. The van der Waals surface area contributed by atoms with Crippen LogP contribution in [0.25, 0.3) is 0 Å². The van der Waals surface area contributed by atoms with Gasteiger partial charge in [0.1, 0.15) is 17.4 Å². The van der Waals surface area contributed by atoms with Gasteiger partial charge in [0.2, 0.25) is 0 Å². The smallest absolute Gasteiger partial charge is 0.122 e. The first-order valence-electron chi connectivity index (χ1n) is 10.4. The maximum absolute atomic E-state index is 11.7. The van der Waals surface area contributed by atoms with Crippen LogP contribution in [0.15, 0.2) is 18.2 Å². The van der Waals surface area contributed by atoms with Crippen LogP contribution in [0.4, 0.5) is 0 Å². The van der Waals surface area contributed by atoms with E-state index in [1.165, 1.54) is 43.5 Å². The SMILES string of the molecule is C[N+]1(CC2CC2)CCCC2(O)CCCCCc3cc(O)ccc3CC21. The van der Waals surface area contributed by atoms with Crippen molar-refractivity contribution >= 4 is 0 Å². The topological polar surface area (TPSA) is 40.5 Å². The number of aryl methyl sites for hydroxylation is 1. The van der Waals surface area contributed by atoms with Gasteiger partial charge in [-0.2, -0.15) is 0 Å². The summed E-state index contributed by atoms with van der Waals surface area (Å²) in [5.41, 5.74) is 2.13. The number of nitrogens with zero attached hydrogens (tertiary/aromatic N) is 1. The molecule has 3 heteroatoms. The number of hydrogen-bond acceptors (Lipinski definition) is 2. The summed E-state index contributed by atoms with van der Waals surface area (Å²) in [6.45, 7) is 2.44. The number of aromatic hydroxyl groups is 1. The van der Waals surface area contributed by atoms with Gasteiger partial charge < -0.3 is 14.7 Å². The standard InChI is InChI=1S/C22H33NO2/c1-23(16-17-7-8-17)13-5-12-22(25)11-4-2-3-6-18-14-20(24)10-9-19(18)15-21(22)23/h9-10,14,17,21,25H,2-8,11-13,15-16H2,1H3/p+1. The van der Waals surface area contributed by atoms with Gasteiger partial charge in [-0.15, -0.1) is 0 Å². The first kappa shape index (κ1) is 17.4. The molecule has 2 aliphatic carbocycles. The molecule has 0 radical (unpaired) electrons. The van der Waals surface area contributed by atoms with Crippen LogP contribution in [0.1, 0.15) is 62.5 Å². The number of rotatable bonds is 2. The molecule has 1 aromatic carbocycles. The predicted molar refractivity (Wildman–Crippen MR) is 101 cm³/mol. The van der Waals surface area contributed by atoms with Crippen molar-refractivity contribution in [3.63, 3.8) is 0 Å². The molecule has 1 heterocycles. The molecule has 1 saturated heterocycles. The van der Waals surface area contributed by atoms with E-state index < -0.39 is 5.60 Å². The second-order valence-electron chi connectivity index (χ2n) is 9.27. The molecule has 2 fully saturated rings. The zero-order valence-electron chi connectivity index (χ0n) is 15.7. The predicted octanol–water partition coefficient (Wildman–Crippen LogP) is 3.80. The van der Waals surface area contributed by atoms with Crippen LogP contribution >= 0.6 is 0 Å².